The molecule has 1 aliphatic rings. The molecule has 3 aromatic rings. The molecule has 1 fully saturated rings. The van der Waals surface area contributed by atoms with E-state index in [1.165, 1.54) is 36.0 Å². The molecule has 12 heteroatoms. The van der Waals surface area contributed by atoms with Gasteiger partial charge in [0.25, 0.3) is 0 Å². The van der Waals surface area contributed by atoms with E-state index in [9.17, 15) is 13.2 Å². The van der Waals surface area contributed by atoms with Crippen LogP contribution >= 0.6 is 23.4 Å². The van der Waals surface area contributed by atoms with Crippen LogP contribution < -0.4 is 15.4 Å². The van der Waals surface area contributed by atoms with Gasteiger partial charge in [-0.2, -0.15) is 0 Å². The van der Waals surface area contributed by atoms with Gasteiger partial charge >= 0.3 is 0 Å². The number of amides is 1. The summed E-state index contributed by atoms with van der Waals surface area (Å²) in [5.74, 6) is 0.520. The quantitative estimate of drug-likeness (QED) is 0.486. The number of hydrogen-bond donors (Lipinski definition) is 2. The number of aromatic nitrogens is 3. The fourth-order valence-corrected chi connectivity index (χ4v) is 4.85. The third-order valence-corrected chi connectivity index (χ3v) is 7.08. The number of nitrogens with two attached hydrogens (primary N) is 1. The molecule has 1 amide bonds. The van der Waals surface area contributed by atoms with E-state index in [1.807, 2.05) is 22.8 Å². The maximum Gasteiger partial charge on any atom is 0.238 e. The van der Waals surface area contributed by atoms with Crippen molar-refractivity contribution in [2.24, 2.45) is 5.14 Å². The van der Waals surface area contributed by atoms with E-state index in [-0.39, 0.29) is 16.6 Å². The van der Waals surface area contributed by atoms with Gasteiger partial charge in [-0.05, 0) is 49.2 Å². The lowest BCUT2D eigenvalue weighted by Crippen LogP contribution is -2.22. The molecule has 3 N–H and O–H groups in total. The molecule has 2 heterocycles. The third-order valence-electron chi connectivity index (χ3n) is 4.90. The van der Waals surface area contributed by atoms with Crippen molar-refractivity contribution in [3.05, 3.63) is 53.6 Å². The van der Waals surface area contributed by atoms with Gasteiger partial charge in [-0.3, -0.25) is 9.36 Å². The summed E-state index contributed by atoms with van der Waals surface area (Å²) in [4.78, 5) is 14.6. The van der Waals surface area contributed by atoms with Crippen LogP contribution in [-0.2, 0) is 14.8 Å². The first-order valence-corrected chi connectivity index (χ1v) is 12.7. The Bertz CT molecular complexity index is 1220. The number of thioether (sulfide) groups is 1. The molecule has 0 aliphatic carbocycles. The number of nitrogens with zero attached hydrogens (tertiary/aromatic N) is 4. The van der Waals surface area contributed by atoms with Gasteiger partial charge in [0.15, 0.2) is 5.16 Å². The molecule has 0 unspecified atom stereocenters. The van der Waals surface area contributed by atoms with Crippen LogP contribution in [-0.4, -0.2) is 47.9 Å². The minimum Gasteiger partial charge on any atom is -0.341 e. The minimum atomic E-state index is -3.78. The smallest absolute Gasteiger partial charge is 0.238 e. The van der Waals surface area contributed by atoms with Gasteiger partial charge in [0.05, 0.1) is 21.4 Å². The van der Waals surface area contributed by atoms with E-state index in [4.69, 9.17) is 16.7 Å². The van der Waals surface area contributed by atoms with Gasteiger partial charge < -0.3 is 10.2 Å². The van der Waals surface area contributed by atoms with Crippen molar-refractivity contribution >= 4 is 50.9 Å². The fraction of sp³-hybridized carbons (Fsp3) is 0.250. The maximum absolute atomic E-state index is 12.5. The van der Waals surface area contributed by atoms with Gasteiger partial charge in [-0.15, -0.1) is 10.2 Å². The lowest BCUT2D eigenvalue weighted by molar-refractivity contribution is -0.113. The number of carbonyl (C=O) groups is 1. The van der Waals surface area contributed by atoms with Crippen LogP contribution in [0.15, 0.2) is 58.6 Å². The van der Waals surface area contributed by atoms with Crippen LogP contribution in [0.5, 0.6) is 0 Å². The molecule has 0 bridgehead atoms. The SMILES string of the molecule is NS(=O)(=O)c1ccc(NC(=O)CSc2nnc(N3CCCC3)n2-c2ccccc2Cl)cc1. The molecule has 1 aromatic heterocycles. The molecule has 0 spiro atoms. The molecule has 0 atom stereocenters. The van der Waals surface area contributed by atoms with Crippen molar-refractivity contribution in [1.29, 1.82) is 0 Å². The Morgan fingerprint density at radius 3 is 2.44 bits per heavy atom. The summed E-state index contributed by atoms with van der Waals surface area (Å²) in [5.41, 5.74) is 1.22. The number of anilines is 2. The van der Waals surface area contributed by atoms with Crippen molar-refractivity contribution in [2.45, 2.75) is 22.9 Å². The highest BCUT2D eigenvalue weighted by Crippen LogP contribution is 2.31. The number of sulfonamides is 1. The van der Waals surface area contributed by atoms with Crippen LogP contribution in [0.3, 0.4) is 0 Å². The highest BCUT2D eigenvalue weighted by Gasteiger charge is 2.24. The maximum atomic E-state index is 12.5. The van der Waals surface area contributed by atoms with Gasteiger partial charge in [0.2, 0.25) is 21.9 Å². The number of carbonyl (C=O) groups excluding carboxylic acids is 1. The van der Waals surface area contributed by atoms with Gasteiger partial charge in [0, 0.05) is 18.8 Å². The first kappa shape index (κ1) is 22.6. The Labute approximate surface area is 195 Å². The lowest BCUT2D eigenvalue weighted by Gasteiger charge is -2.19. The Morgan fingerprint density at radius 2 is 1.78 bits per heavy atom. The monoisotopic (exact) mass is 492 g/mol. The second kappa shape index (κ2) is 9.49. The van der Waals surface area contributed by atoms with Gasteiger partial charge in [-0.25, -0.2) is 13.6 Å². The summed E-state index contributed by atoms with van der Waals surface area (Å²) in [7, 11) is -3.78. The molecule has 32 heavy (non-hydrogen) atoms. The van der Waals surface area contributed by atoms with Crippen molar-refractivity contribution in [2.75, 3.05) is 29.1 Å². The first-order chi connectivity index (χ1) is 15.3. The van der Waals surface area contributed by atoms with E-state index in [0.717, 1.165) is 31.6 Å². The number of para-hydroxylation sites is 1. The van der Waals surface area contributed by atoms with Crippen LogP contribution in [0.2, 0.25) is 5.02 Å². The topological polar surface area (TPSA) is 123 Å². The largest absolute Gasteiger partial charge is 0.341 e. The molecule has 0 radical (unpaired) electrons. The fourth-order valence-electron chi connectivity index (χ4n) is 3.38. The zero-order chi connectivity index (χ0) is 22.7. The number of hydrogen-bond acceptors (Lipinski definition) is 7. The van der Waals surface area contributed by atoms with Crippen molar-refractivity contribution in [3.63, 3.8) is 0 Å². The number of nitrogens with one attached hydrogen (secondary N) is 1. The van der Waals surface area contributed by atoms with Gasteiger partial charge in [-0.1, -0.05) is 35.5 Å². The van der Waals surface area contributed by atoms with E-state index in [0.29, 0.717) is 21.8 Å². The summed E-state index contributed by atoms with van der Waals surface area (Å²) in [5, 5.41) is 17.6. The predicted molar refractivity (Wildman–Crippen MR) is 125 cm³/mol. The van der Waals surface area contributed by atoms with Crippen molar-refractivity contribution < 1.29 is 13.2 Å². The molecular weight excluding hydrogens is 472 g/mol. The Hall–Kier alpha value is -2.60. The van der Waals surface area contributed by atoms with Crippen LogP contribution in [0.4, 0.5) is 11.6 Å². The molecule has 0 saturated carbocycles. The Kier molecular flexibility index (Phi) is 6.70. The van der Waals surface area contributed by atoms with E-state index >= 15 is 0 Å². The zero-order valence-electron chi connectivity index (χ0n) is 16.9. The predicted octanol–water partition coefficient (Wildman–Crippen LogP) is 2.90. The van der Waals surface area contributed by atoms with Crippen molar-refractivity contribution in [1.82, 2.24) is 14.8 Å². The normalized spacial score (nSPS) is 14.0. The van der Waals surface area contributed by atoms with Gasteiger partial charge in [0.1, 0.15) is 0 Å². The minimum absolute atomic E-state index is 0.0212. The molecule has 4 rings (SSSR count). The summed E-state index contributed by atoms with van der Waals surface area (Å²) in [6, 6.07) is 13.1. The lowest BCUT2D eigenvalue weighted by atomic mass is 10.3. The third kappa shape index (κ3) is 5.07. The number of rotatable bonds is 7. The zero-order valence-corrected chi connectivity index (χ0v) is 19.3. The molecular formula is C20H21ClN6O3S2. The Balaban J connectivity index is 1.50. The average molecular weight is 493 g/mol. The summed E-state index contributed by atoms with van der Waals surface area (Å²) in [6.45, 7) is 1.78. The first-order valence-electron chi connectivity index (χ1n) is 9.84. The second-order valence-corrected chi connectivity index (χ2v) is 10.1. The standard InChI is InChI=1S/C20H21ClN6O3S2/c21-16-5-1-2-6-17(16)27-19(26-11-3-4-12-26)24-25-20(27)31-13-18(28)23-14-7-9-15(10-8-14)32(22,29)30/h1-2,5-10H,3-4,11-13H2,(H,23,28)(H2,22,29,30). The van der Waals surface area contributed by atoms with Crippen LogP contribution in [0.25, 0.3) is 5.69 Å². The highest BCUT2D eigenvalue weighted by molar-refractivity contribution is 7.99. The average Bonchev–Trinajstić information content (AvgIpc) is 3.42. The number of benzene rings is 2. The summed E-state index contributed by atoms with van der Waals surface area (Å²) in [6.07, 6.45) is 2.18. The van der Waals surface area contributed by atoms with Crippen LogP contribution in [0.1, 0.15) is 12.8 Å². The number of primary sulfonamides is 1. The highest BCUT2D eigenvalue weighted by atomic mass is 35.5. The van der Waals surface area contributed by atoms with E-state index < -0.39 is 10.0 Å². The molecule has 9 nitrogen and oxygen atoms in total. The molecule has 168 valence electrons. The number of halogens is 1. The summed E-state index contributed by atoms with van der Waals surface area (Å²) < 4.78 is 24.6. The van der Waals surface area contributed by atoms with E-state index in [1.54, 1.807) is 6.07 Å². The summed E-state index contributed by atoms with van der Waals surface area (Å²) >= 11 is 7.69. The van der Waals surface area contributed by atoms with Crippen LogP contribution in [0, 0.1) is 0 Å². The Morgan fingerprint density at radius 1 is 1.09 bits per heavy atom. The molecule has 1 saturated heterocycles. The van der Waals surface area contributed by atoms with Crippen molar-refractivity contribution in [3.8, 4) is 5.69 Å². The molecule has 1 aliphatic heterocycles. The second-order valence-electron chi connectivity index (χ2n) is 7.17. The van der Waals surface area contributed by atoms with E-state index in [2.05, 4.69) is 20.4 Å². The molecule has 2 aromatic carbocycles.